The minimum Gasteiger partial charge on any atom is -0.508 e. The van der Waals surface area contributed by atoms with Crippen molar-refractivity contribution in [3.05, 3.63) is 41.5 Å². The first-order chi connectivity index (χ1) is 7.93. The Balaban J connectivity index is 0.000000317. The molecule has 0 saturated carbocycles. The molecule has 0 aliphatic heterocycles. The Morgan fingerprint density at radius 1 is 1.12 bits per heavy atom. The SMILES string of the molecule is CC(=O)O.Cc1cccc2ccc(O)c(C)c12. The molecule has 0 aromatic heterocycles. The van der Waals surface area contributed by atoms with Crippen LogP contribution in [0.3, 0.4) is 0 Å². The van der Waals surface area contributed by atoms with Crippen molar-refractivity contribution in [2.24, 2.45) is 0 Å². The summed E-state index contributed by atoms with van der Waals surface area (Å²) < 4.78 is 0. The molecule has 2 aromatic carbocycles. The van der Waals surface area contributed by atoms with Crippen LogP contribution in [0.5, 0.6) is 5.75 Å². The van der Waals surface area contributed by atoms with Crippen LogP contribution in [-0.2, 0) is 4.79 Å². The molecule has 0 aliphatic carbocycles. The van der Waals surface area contributed by atoms with Gasteiger partial charge in [0, 0.05) is 6.92 Å². The molecule has 2 rings (SSSR count). The Bertz CT molecular complexity index is 540. The van der Waals surface area contributed by atoms with E-state index in [2.05, 4.69) is 19.1 Å². The number of carbonyl (C=O) groups is 1. The van der Waals surface area contributed by atoms with Crippen LogP contribution in [0.25, 0.3) is 10.8 Å². The van der Waals surface area contributed by atoms with Crippen LogP contribution >= 0.6 is 0 Å². The average Bonchev–Trinajstić information content (AvgIpc) is 2.23. The fraction of sp³-hybridized carbons (Fsp3) is 0.214. The Morgan fingerprint density at radius 3 is 2.29 bits per heavy atom. The van der Waals surface area contributed by atoms with Crippen LogP contribution in [0.2, 0.25) is 0 Å². The number of hydrogen-bond acceptors (Lipinski definition) is 2. The summed E-state index contributed by atoms with van der Waals surface area (Å²) in [5.41, 5.74) is 2.18. The van der Waals surface area contributed by atoms with E-state index in [0.717, 1.165) is 12.5 Å². The summed E-state index contributed by atoms with van der Waals surface area (Å²) in [5.74, 6) is -0.457. The summed E-state index contributed by atoms with van der Waals surface area (Å²) in [6.07, 6.45) is 0. The summed E-state index contributed by atoms with van der Waals surface area (Å²) >= 11 is 0. The molecule has 0 bridgehead atoms. The molecule has 90 valence electrons. The third-order valence-electron chi connectivity index (χ3n) is 2.48. The molecule has 0 saturated heterocycles. The quantitative estimate of drug-likeness (QED) is 0.733. The number of benzene rings is 2. The van der Waals surface area contributed by atoms with Crippen molar-refractivity contribution in [3.63, 3.8) is 0 Å². The first-order valence-electron chi connectivity index (χ1n) is 5.31. The number of phenolic OH excluding ortho intramolecular Hbond substituents is 1. The molecule has 0 atom stereocenters. The average molecular weight is 232 g/mol. The van der Waals surface area contributed by atoms with Crippen LogP contribution in [0.15, 0.2) is 30.3 Å². The number of hydrogen-bond donors (Lipinski definition) is 2. The molecule has 2 aromatic rings. The molecule has 3 heteroatoms. The molecule has 0 radical (unpaired) electrons. The summed E-state index contributed by atoms with van der Waals surface area (Å²) in [6.45, 7) is 5.10. The van der Waals surface area contributed by atoms with E-state index in [1.807, 2.05) is 19.1 Å². The Labute approximate surface area is 100 Å². The number of rotatable bonds is 0. The lowest BCUT2D eigenvalue weighted by Crippen LogP contribution is -1.83. The van der Waals surface area contributed by atoms with Gasteiger partial charge < -0.3 is 10.2 Å². The van der Waals surface area contributed by atoms with Crippen molar-refractivity contribution >= 4 is 16.7 Å². The van der Waals surface area contributed by atoms with E-state index >= 15 is 0 Å². The molecule has 0 fully saturated rings. The van der Waals surface area contributed by atoms with Gasteiger partial charge >= 0.3 is 0 Å². The summed E-state index contributed by atoms with van der Waals surface area (Å²) in [5, 5.41) is 19.3. The summed E-state index contributed by atoms with van der Waals surface area (Å²) in [7, 11) is 0. The van der Waals surface area contributed by atoms with Gasteiger partial charge in [0.05, 0.1) is 0 Å². The van der Waals surface area contributed by atoms with Gasteiger partial charge in [0.2, 0.25) is 0 Å². The topological polar surface area (TPSA) is 57.5 Å². The van der Waals surface area contributed by atoms with E-state index in [0.29, 0.717) is 5.75 Å². The molecule has 0 spiro atoms. The number of carboxylic acids is 1. The van der Waals surface area contributed by atoms with Crippen LogP contribution in [0, 0.1) is 13.8 Å². The van der Waals surface area contributed by atoms with Crippen molar-refractivity contribution in [3.8, 4) is 5.75 Å². The smallest absolute Gasteiger partial charge is 0.300 e. The normalized spacial score (nSPS) is 9.59. The molecule has 0 unspecified atom stereocenters. The van der Waals surface area contributed by atoms with E-state index in [1.54, 1.807) is 6.07 Å². The molecular weight excluding hydrogens is 216 g/mol. The van der Waals surface area contributed by atoms with E-state index in [4.69, 9.17) is 9.90 Å². The number of phenols is 1. The number of aliphatic carboxylic acids is 1. The maximum atomic E-state index is 9.54. The molecule has 3 nitrogen and oxygen atoms in total. The minimum absolute atomic E-state index is 0.377. The van der Waals surface area contributed by atoms with Crippen LogP contribution in [-0.4, -0.2) is 16.2 Å². The van der Waals surface area contributed by atoms with E-state index in [9.17, 15) is 5.11 Å². The van der Waals surface area contributed by atoms with E-state index in [-0.39, 0.29) is 0 Å². The second-order valence-corrected chi connectivity index (χ2v) is 3.90. The first kappa shape index (κ1) is 13.0. The van der Waals surface area contributed by atoms with Crippen LogP contribution < -0.4 is 0 Å². The Kier molecular flexibility index (Phi) is 4.10. The second-order valence-electron chi connectivity index (χ2n) is 3.90. The van der Waals surface area contributed by atoms with E-state index < -0.39 is 5.97 Å². The van der Waals surface area contributed by atoms with Crippen molar-refractivity contribution in [2.75, 3.05) is 0 Å². The van der Waals surface area contributed by atoms with Gasteiger partial charge in [-0.3, -0.25) is 4.79 Å². The van der Waals surface area contributed by atoms with Gasteiger partial charge in [-0.1, -0.05) is 24.3 Å². The highest BCUT2D eigenvalue weighted by Crippen LogP contribution is 2.28. The monoisotopic (exact) mass is 232 g/mol. The van der Waals surface area contributed by atoms with Crippen LogP contribution in [0.1, 0.15) is 18.1 Å². The molecule has 0 heterocycles. The second kappa shape index (κ2) is 5.34. The lowest BCUT2D eigenvalue weighted by atomic mass is 10.0. The molecule has 17 heavy (non-hydrogen) atoms. The van der Waals surface area contributed by atoms with Gasteiger partial charge in [-0.2, -0.15) is 0 Å². The van der Waals surface area contributed by atoms with Gasteiger partial charge in [-0.25, -0.2) is 0 Å². The highest BCUT2D eigenvalue weighted by Gasteiger charge is 2.03. The first-order valence-corrected chi connectivity index (χ1v) is 5.31. The van der Waals surface area contributed by atoms with Crippen molar-refractivity contribution in [1.29, 1.82) is 0 Å². The minimum atomic E-state index is -0.833. The maximum Gasteiger partial charge on any atom is 0.300 e. The molecule has 0 aliphatic rings. The number of aromatic hydroxyl groups is 1. The zero-order valence-electron chi connectivity index (χ0n) is 10.2. The largest absolute Gasteiger partial charge is 0.508 e. The fourth-order valence-corrected chi connectivity index (χ4v) is 1.76. The molecule has 0 amide bonds. The predicted octanol–water partition coefficient (Wildman–Crippen LogP) is 3.25. The highest BCUT2D eigenvalue weighted by atomic mass is 16.4. The van der Waals surface area contributed by atoms with Gasteiger partial charge in [0.15, 0.2) is 0 Å². The van der Waals surface area contributed by atoms with E-state index in [1.165, 1.54) is 16.3 Å². The fourth-order valence-electron chi connectivity index (χ4n) is 1.76. The zero-order chi connectivity index (χ0) is 13.0. The maximum absolute atomic E-state index is 9.54. The van der Waals surface area contributed by atoms with Crippen molar-refractivity contribution in [2.45, 2.75) is 20.8 Å². The van der Waals surface area contributed by atoms with Crippen molar-refractivity contribution < 1.29 is 15.0 Å². The van der Waals surface area contributed by atoms with Crippen molar-refractivity contribution in [1.82, 2.24) is 0 Å². The summed E-state index contributed by atoms with van der Waals surface area (Å²) in [6, 6.07) is 9.86. The number of fused-ring (bicyclic) bond motifs is 1. The lowest BCUT2D eigenvalue weighted by Gasteiger charge is -2.06. The lowest BCUT2D eigenvalue weighted by molar-refractivity contribution is -0.134. The third kappa shape index (κ3) is 3.21. The Hall–Kier alpha value is -2.03. The zero-order valence-corrected chi connectivity index (χ0v) is 10.2. The molecule has 2 N–H and O–H groups in total. The molecular formula is C14H16O3. The highest BCUT2D eigenvalue weighted by molar-refractivity contribution is 5.90. The number of aryl methyl sites for hydroxylation is 2. The van der Waals surface area contributed by atoms with Gasteiger partial charge in [-0.05, 0) is 41.8 Å². The standard InChI is InChI=1S/C12H12O.C2H4O2/c1-8-4-3-5-10-6-7-11(13)9(2)12(8)10;1-2(3)4/h3-7,13H,1-2H3;1H3,(H,3,4). The van der Waals surface area contributed by atoms with Gasteiger partial charge in [0.25, 0.3) is 5.97 Å². The number of carboxylic acid groups (broad SMARTS) is 1. The van der Waals surface area contributed by atoms with Crippen LogP contribution in [0.4, 0.5) is 0 Å². The van der Waals surface area contributed by atoms with Gasteiger partial charge in [0.1, 0.15) is 5.75 Å². The third-order valence-corrected chi connectivity index (χ3v) is 2.48. The van der Waals surface area contributed by atoms with Gasteiger partial charge in [-0.15, -0.1) is 0 Å². The predicted molar refractivity (Wildman–Crippen MR) is 68.4 cm³/mol. The summed E-state index contributed by atoms with van der Waals surface area (Å²) in [4.78, 5) is 9.00. The Morgan fingerprint density at radius 2 is 1.71 bits per heavy atom.